The summed E-state index contributed by atoms with van der Waals surface area (Å²) in [6, 6.07) is 7.35. The predicted octanol–water partition coefficient (Wildman–Crippen LogP) is 0.842. The molecule has 18 heavy (non-hydrogen) atoms. The molecule has 0 spiro atoms. The fraction of sp³-hybridized carbons (Fsp3) is 0.417. The van der Waals surface area contributed by atoms with Gasteiger partial charge in [-0.1, -0.05) is 12.1 Å². The van der Waals surface area contributed by atoms with Gasteiger partial charge in [-0.05, 0) is 18.6 Å². The molecule has 0 aromatic heterocycles. The van der Waals surface area contributed by atoms with E-state index in [1.807, 2.05) is 30.1 Å². The highest BCUT2D eigenvalue weighted by molar-refractivity contribution is 7.90. The van der Waals surface area contributed by atoms with E-state index in [-0.39, 0.29) is 11.6 Å². The zero-order chi connectivity index (χ0) is 13.8. The Labute approximate surface area is 108 Å². The van der Waals surface area contributed by atoms with E-state index in [2.05, 4.69) is 0 Å². The molecule has 0 atom stereocenters. The van der Waals surface area contributed by atoms with Gasteiger partial charge in [0.05, 0.1) is 5.75 Å². The van der Waals surface area contributed by atoms with Crippen LogP contribution in [0.5, 0.6) is 0 Å². The van der Waals surface area contributed by atoms with E-state index in [4.69, 9.17) is 11.1 Å². The Kier molecular flexibility index (Phi) is 4.72. The maximum Gasteiger partial charge on any atom is 0.147 e. The Balaban J connectivity index is 2.73. The van der Waals surface area contributed by atoms with Crippen molar-refractivity contribution >= 4 is 21.4 Å². The maximum atomic E-state index is 11.1. The van der Waals surface area contributed by atoms with E-state index in [0.717, 1.165) is 5.69 Å². The average molecular weight is 269 g/mol. The van der Waals surface area contributed by atoms with E-state index in [9.17, 15) is 8.42 Å². The summed E-state index contributed by atoms with van der Waals surface area (Å²) in [6.45, 7) is 0.608. The van der Waals surface area contributed by atoms with Crippen molar-refractivity contribution in [3.8, 4) is 0 Å². The molecule has 5 nitrogen and oxygen atoms in total. The van der Waals surface area contributed by atoms with Crippen LogP contribution in [0.4, 0.5) is 5.69 Å². The third-order valence-electron chi connectivity index (χ3n) is 2.61. The van der Waals surface area contributed by atoms with Crippen LogP contribution >= 0.6 is 0 Å². The zero-order valence-corrected chi connectivity index (χ0v) is 11.5. The van der Waals surface area contributed by atoms with Gasteiger partial charge in [-0.3, -0.25) is 5.41 Å². The first-order chi connectivity index (χ1) is 8.31. The number of rotatable bonds is 6. The molecule has 0 saturated heterocycles. The Bertz CT molecular complexity index is 526. The highest BCUT2D eigenvalue weighted by atomic mass is 32.2. The predicted molar refractivity (Wildman–Crippen MR) is 75.1 cm³/mol. The fourth-order valence-electron chi connectivity index (χ4n) is 1.72. The smallest absolute Gasteiger partial charge is 0.147 e. The highest BCUT2D eigenvalue weighted by Gasteiger charge is 2.09. The summed E-state index contributed by atoms with van der Waals surface area (Å²) < 4.78 is 22.1. The van der Waals surface area contributed by atoms with Gasteiger partial charge in [0.2, 0.25) is 0 Å². The van der Waals surface area contributed by atoms with Crippen molar-refractivity contribution < 1.29 is 8.42 Å². The van der Waals surface area contributed by atoms with Crippen molar-refractivity contribution in [1.82, 2.24) is 0 Å². The van der Waals surface area contributed by atoms with Crippen LogP contribution in [0, 0.1) is 5.41 Å². The van der Waals surface area contributed by atoms with Gasteiger partial charge in [0.25, 0.3) is 0 Å². The fourth-order valence-corrected chi connectivity index (χ4v) is 2.37. The quantitative estimate of drug-likeness (QED) is 0.592. The summed E-state index contributed by atoms with van der Waals surface area (Å²) in [5.74, 6) is 0.181. The van der Waals surface area contributed by atoms with Gasteiger partial charge in [0, 0.05) is 31.1 Å². The van der Waals surface area contributed by atoms with Crippen LogP contribution < -0.4 is 10.6 Å². The number of nitrogens with zero attached hydrogens (tertiary/aromatic N) is 1. The lowest BCUT2D eigenvalue weighted by molar-refractivity contribution is 0.599. The Morgan fingerprint density at radius 3 is 2.56 bits per heavy atom. The van der Waals surface area contributed by atoms with Crippen LogP contribution in [0.15, 0.2) is 24.3 Å². The lowest BCUT2D eigenvalue weighted by Crippen LogP contribution is -2.24. The van der Waals surface area contributed by atoms with Crippen LogP contribution in [0.1, 0.15) is 12.0 Å². The molecule has 0 heterocycles. The largest absolute Gasteiger partial charge is 0.384 e. The summed E-state index contributed by atoms with van der Waals surface area (Å²) in [6.07, 6.45) is 1.79. The van der Waals surface area contributed by atoms with E-state index in [1.165, 1.54) is 6.26 Å². The van der Waals surface area contributed by atoms with Crippen LogP contribution in [0.25, 0.3) is 0 Å². The lowest BCUT2D eigenvalue weighted by Gasteiger charge is -2.21. The molecular weight excluding hydrogens is 250 g/mol. The summed E-state index contributed by atoms with van der Waals surface area (Å²) in [5, 5.41) is 7.50. The van der Waals surface area contributed by atoms with Gasteiger partial charge in [-0.2, -0.15) is 0 Å². The molecule has 0 unspecified atom stereocenters. The number of nitrogens with two attached hydrogens (primary N) is 1. The molecule has 0 aliphatic heterocycles. The minimum atomic E-state index is -2.92. The third-order valence-corrected chi connectivity index (χ3v) is 3.64. The molecule has 3 N–H and O–H groups in total. The van der Waals surface area contributed by atoms with Gasteiger partial charge in [-0.25, -0.2) is 8.42 Å². The van der Waals surface area contributed by atoms with Crippen molar-refractivity contribution in [2.75, 3.05) is 30.5 Å². The summed E-state index contributed by atoms with van der Waals surface area (Å²) in [7, 11) is -1.06. The summed E-state index contributed by atoms with van der Waals surface area (Å²) >= 11 is 0. The molecule has 6 heteroatoms. The topological polar surface area (TPSA) is 87.2 Å². The number of anilines is 1. The first-order valence-electron chi connectivity index (χ1n) is 5.63. The summed E-state index contributed by atoms with van der Waals surface area (Å²) in [5.41, 5.74) is 7.02. The Morgan fingerprint density at radius 1 is 1.39 bits per heavy atom. The zero-order valence-electron chi connectivity index (χ0n) is 10.7. The van der Waals surface area contributed by atoms with Gasteiger partial charge in [-0.15, -0.1) is 0 Å². The van der Waals surface area contributed by atoms with Crippen molar-refractivity contribution in [3.05, 3.63) is 29.8 Å². The number of para-hydroxylation sites is 1. The number of amidine groups is 1. The number of nitrogen functional groups attached to an aromatic ring is 1. The molecule has 0 aliphatic rings. The molecule has 0 fully saturated rings. The normalized spacial score (nSPS) is 11.2. The number of hydrogen-bond acceptors (Lipinski definition) is 4. The van der Waals surface area contributed by atoms with E-state index in [1.54, 1.807) is 6.07 Å². The second-order valence-electron chi connectivity index (χ2n) is 4.34. The van der Waals surface area contributed by atoms with Crippen molar-refractivity contribution in [3.63, 3.8) is 0 Å². The third kappa shape index (κ3) is 4.37. The molecule has 1 aromatic rings. The van der Waals surface area contributed by atoms with Crippen molar-refractivity contribution in [2.45, 2.75) is 6.42 Å². The van der Waals surface area contributed by atoms with Gasteiger partial charge < -0.3 is 10.6 Å². The first-order valence-corrected chi connectivity index (χ1v) is 7.69. The molecular formula is C12H19N3O2S. The number of hydrogen-bond donors (Lipinski definition) is 2. The van der Waals surface area contributed by atoms with Crippen LogP contribution in [0.2, 0.25) is 0 Å². The second-order valence-corrected chi connectivity index (χ2v) is 6.60. The number of nitrogens with one attached hydrogen (secondary N) is 1. The van der Waals surface area contributed by atoms with Gasteiger partial charge in [0.1, 0.15) is 15.7 Å². The van der Waals surface area contributed by atoms with Gasteiger partial charge in [0.15, 0.2) is 0 Å². The van der Waals surface area contributed by atoms with E-state index < -0.39 is 9.84 Å². The minimum Gasteiger partial charge on any atom is -0.384 e. The molecule has 0 saturated carbocycles. The van der Waals surface area contributed by atoms with Crippen LogP contribution in [-0.4, -0.2) is 39.9 Å². The molecule has 100 valence electrons. The lowest BCUT2D eigenvalue weighted by atomic mass is 10.1. The molecule has 0 bridgehead atoms. The molecule has 0 amide bonds. The monoisotopic (exact) mass is 269 g/mol. The Hall–Kier alpha value is -1.56. The maximum absolute atomic E-state index is 11.1. The summed E-state index contributed by atoms with van der Waals surface area (Å²) in [4.78, 5) is 1.92. The van der Waals surface area contributed by atoms with Crippen molar-refractivity contribution in [1.29, 1.82) is 5.41 Å². The SMILES string of the molecule is CN(CCCS(C)(=O)=O)c1ccccc1C(=N)N. The number of benzene rings is 1. The molecule has 1 rings (SSSR count). The average Bonchev–Trinajstić information content (AvgIpc) is 2.27. The van der Waals surface area contributed by atoms with Crippen molar-refractivity contribution in [2.24, 2.45) is 5.73 Å². The molecule has 0 radical (unpaired) electrons. The highest BCUT2D eigenvalue weighted by Crippen LogP contribution is 2.18. The van der Waals surface area contributed by atoms with Gasteiger partial charge >= 0.3 is 0 Å². The second kappa shape index (κ2) is 5.86. The van der Waals surface area contributed by atoms with E-state index in [0.29, 0.717) is 18.5 Å². The Morgan fingerprint density at radius 2 is 2.00 bits per heavy atom. The first kappa shape index (κ1) is 14.5. The molecule has 0 aliphatic carbocycles. The molecule has 1 aromatic carbocycles. The minimum absolute atomic E-state index is 0.0144. The van der Waals surface area contributed by atoms with Crippen LogP contribution in [-0.2, 0) is 9.84 Å². The van der Waals surface area contributed by atoms with Crippen LogP contribution in [0.3, 0.4) is 0 Å². The van der Waals surface area contributed by atoms with E-state index >= 15 is 0 Å². The number of sulfone groups is 1. The standard InChI is InChI=1S/C12H19N3O2S/c1-15(8-5-9-18(2,16)17)11-7-4-3-6-10(11)12(13)14/h3-4,6-7H,5,8-9H2,1-2H3,(H3,13,14).